The van der Waals surface area contributed by atoms with Gasteiger partial charge in [-0.2, -0.15) is 0 Å². The highest BCUT2D eigenvalue weighted by Gasteiger charge is 2.60. The average molecular weight is 1050 g/mol. The summed E-state index contributed by atoms with van der Waals surface area (Å²) in [4.78, 5) is 72.3. The predicted molar refractivity (Wildman–Crippen MR) is 248 cm³/mol. The summed E-state index contributed by atoms with van der Waals surface area (Å²) < 4.78 is 61.5. The van der Waals surface area contributed by atoms with Crippen LogP contribution in [0.5, 0.6) is 11.5 Å². The number of nitrogens with zero attached hydrogens (tertiary/aromatic N) is 4. The third-order valence-corrected chi connectivity index (χ3v) is 12.9. The number of carbonyl (C=O) groups excluding carboxylic acids is 5. The topological polar surface area (TPSA) is 230 Å². The van der Waals surface area contributed by atoms with Crippen LogP contribution in [0.3, 0.4) is 0 Å². The lowest BCUT2D eigenvalue weighted by Gasteiger charge is -2.50. The van der Waals surface area contributed by atoms with E-state index < -0.39 is 112 Å². The number of halogens is 4. The van der Waals surface area contributed by atoms with Crippen molar-refractivity contribution in [2.45, 2.75) is 95.3 Å². The lowest BCUT2D eigenvalue weighted by Crippen LogP contribution is -2.70. The fraction of sp³-hybridized carbons (Fsp3) is 0.383. The van der Waals surface area contributed by atoms with Gasteiger partial charge in [-0.05, 0) is 40.9 Å². The molecule has 0 radical (unpaired) electrons. The number of methoxy groups -OCH3 is 1. The first kappa shape index (κ1) is 52.1. The van der Waals surface area contributed by atoms with E-state index in [1.165, 1.54) is 19.2 Å². The second-order valence-electron chi connectivity index (χ2n) is 15.9. The maximum absolute atomic E-state index is 14.8. The van der Waals surface area contributed by atoms with Gasteiger partial charge in [-0.15, -0.1) is 0 Å². The Morgan fingerprint density at radius 1 is 0.629 bits per heavy atom. The normalized spacial score (nSPS) is 25.1. The van der Waals surface area contributed by atoms with Gasteiger partial charge in [0, 0.05) is 25.7 Å². The highest BCUT2D eigenvalue weighted by Crippen LogP contribution is 2.47. The summed E-state index contributed by atoms with van der Waals surface area (Å²) in [6.07, 6.45) is -12.9. The molecule has 370 valence electrons. The number of imide groups is 1. The Kier molecular flexibility index (Phi) is 17.5. The van der Waals surface area contributed by atoms with Gasteiger partial charge < -0.3 is 47.4 Å². The van der Waals surface area contributed by atoms with E-state index >= 15 is 0 Å². The number of fused-ring (bicyclic) bond motifs is 1. The molecule has 0 bridgehead atoms. The summed E-state index contributed by atoms with van der Waals surface area (Å²) in [6, 6.07) is 21.2. The summed E-state index contributed by atoms with van der Waals surface area (Å²) in [5, 5.41) is 2.46. The van der Waals surface area contributed by atoms with Crippen LogP contribution in [0.25, 0.3) is 10.4 Å². The Morgan fingerprint density at radius 2 is 1.10 bits per heavy atom. The van der Waals surface area contributed by atoms with Crippen molar-refractivity contribution in [3.05, 3.63) is 138 Å². The molecule has 3 aliphatic rings. The third-order valence-electron chi connectivity index (χ3n) is 11.1. The first-order valence-electron chi connectivity index (χ1n) is 21.4. The van der Waals surface area contributed by atoms with E-state index in [0.29, 0.717) is 10.6 Å². The Hall–Kier alpha value is -5.70. The second-order valence-corrected chi connectivity index (χ2v) is 17.4. The van der Waals surface area contributed by atoms with Gasteiger partial charge in [-0.3, -0.25) is 28.9 Å². The van der Waals surface area contributed by atoms with Crippen LogP contribution in [0, 0.1) is 0 Å². The monoisotopic (exact) mass is 1040 g/mol. The SMILES string of the molecule is COc1ccc(O[C@@H]2O[C@H](COCc3ccccc3)[C@@H](O[C@@H]3O[C@H](COCc4ccccc4)[C@H](N=[N+]=[N-])[C@H](OC(C)=O)[C@H]3OC(C)=O)[C@H](OC(C)=O)[C@H]2N2C(=O)c3c(Cl)c(Cl)c(Cl)c(Cl)c3C2=O)cc1. The van der Waals surface area contributed by atoms with Crippen LogP contribution in [0.2, 0.25) is 20.1 Å². The van der Waals surface area contributed by atoms with Crippen LogP contribution >= 0.6 is 46.4 Å². The molecule has 0 spiro atoms. The maximum Gasteiger partial charge on any atom is 0.303 e. The summed E-state index contributed by atoms with van der Waals surface area (Å²) in [7, 11) is 1.46. The van der Waals surface area contributed by atoms with Gasteiger partial charge in [0.1, 0.15) is 35.8 Å². The minimum Gasteiger partial charge on any atom is -0.497 e. The van der Waals surface area contributed by atoms with Crippen LogP contribution in [-0.2, 0) is 65.5 Å². The molecule has 0 unspecified atom stereocenters. The Morgan fingerprint density at radius 3 is 1.60 bits per heavy atom. The maximum atomic E-state index is 14.8. The molecule has 7 rings (SSSR count). The van der Waals surface area contributed by atoms with Crippen molar-refractivity contribution in [2.24, 2.45) is 5.11 Å². The van der Waals surface area contributed by atoms with Crippen LogP contribution in [0.1, 0.15) is 52.6 Å². The average Bonchev–Trinajstić information content (AvgIpc) is 3.59. The number of hydrogen-bond acceptors (Lipinski definition) is 16. The molecule has 0 N–H and O–H groups in total. The van der Waals surface area contributed by atoms with Gasteiger partial charge in [0.05, 0.1) is 70.9 Å². The van der Waals surface area contributed by atoms with Crippen LogP contribution in [-0.4, -0.2) is 116 Å². The minimum atomic E-state index is -1.81. The minimum absolute atomic E-state index is 0.0230. The van der Waals surface area contributed by atoms with Gasteiger partial charge >= 0.3 is 17.9 Å². The van der Waals surface area contributed by atoms with Gasteiger partial charge in [0.25, 0.3) is 11.8 Å². The van der Waals surface area contributed by atoms with E-state index in [0.717, 1.165) is 31.9 Å². The lowest BCUT2D eigenvalue weighted by atomic mass is 9.93. The van der Waals surface area contributed by atoms with Crippen LogP contribution in [0.15, 0.2) is 90.0 Å². The number of hydrogen-bond donors (Lipinski definition) is 0. The molecule has 0 aliphatic carbocycles. The quantitative estimate of drug-likeness (QED) is 0.0134. The molecular weight excluding hydrogens is 1000 g/mol. The Bertz CT molecular complexity index is 2560. The van der Waals surface area contributed by atoms with Crippen molar-refractivity contribution >= 4 is 76.1 Å². The molecule has 0 aromatic heterocycles. The third kappa shape index (κ3) is 11.7. The summed E-state index contributed by atoms with van der Waals surface area (Å²) >= 11 is 26.0. The zero-order valence-electron chi connectivity index (χ0n) is 37.6. The number of rotatable bonds is 18. The van der Waals surface area contributed by atoms with Gasteiger partial charge in [0.15, 0.2) is 24.6 Å². The standard InChI is InChI=1S/C47H44Cl4N4O15/c1-23(56)64-41-38(53-54-52)30(21-62-19-26-11-7-5-8-12-26)68-47(43(41)66-25(3)58)70-40-31(22-63-20-27-13-9-6-10-14-27)69-46(67-29-17-15-28(61-4)16-18-29)39(42(40)65-24(2)57)55-44(59)32-33(45(55)60)35(49)37(51)36(50)34(32)48/h5-18,30-31,38-43,46-47H,19-22H2,1-4H3/t30-,31-,38+,39-,40-,41+,42-,43-,46-,47+/m1/s1. The van der Waals surface area contributed by atoms with Crippen molar-refractivity contribution in [1.82, 2.24) is 4.90 Å². The summed E-state index contributed by atoms with van der Waals surface area (Å²) in [5.74, 6) is -4.24. The molecular formula is C47H44Cl4N4O15. The van der Waals surface area contributed by atoms with Crippen molar-refractivity contribution in [1.29, 1.82) is 0 Å². The van der Waals surface area contributed by atoms with Crippen LogP contribution < -0.4 is 9.47 Å². The second kappa shape index (κ2) is 23.5. The number of esters is 3. The fourth-order valence-electron chi connectivity index (χ4n) is 8.18. The van der Waals surface area contributed by atoms with E-state index in [9.17, 15) is 29.5 Å². The van der Waals surface area contributed by atoms with E-state index in [4.69, 9.17) is 93.8 Å². The molecule has 4 aromatic rings. The van der Waals surface area contributed by atoms with E-state index in [2.05, 4.69) is 10.0 Å². The predicted octanol–water partition coefficient (Wildman–Crippen LogP) is 8.10. The Balaban J connectivity index is 1.36. The summed E-state index contributed by atoms with van der Waals surface area (Å²) in [6.45, 7) is 2.65. The first-order chi connectivity index (χ1) is 33.6. The molecule has 4 aromatic carbocycles. The molecule has 70 heavy (non-hydrogen) atoms. The highest BCUT2D eigenvalue weighted by atomic mass is 35.5. The molecule has 19 nitrogen and oxygen atoms in total. The van der Waals surface area contributed by atoms with E-state index in [-0.39, 0.29) is 42.2 Å². The summed E-state index contributed by atoms with van der Waals surface area (Å²) in [5.41, 5.74) is 10.5. The number of azide groups is 1. The molecule has 3 aliphatic heterocycles. The molecule has 0 saturated carbocycles. The van der Waals surface area contributed by atoms with Gasteiger partial charge in [-0.1, -0.05) is 112 Å². The smallest absolute Gasteiger partial charge is 0.303 e. The molecule has 3 heterocycles. The lowest BCUT2D eigenvalue weighted by molar-refractivity contribution is -0.338. The zero-order chi connectivity index (χ0) is 50.2. The molecule has 10 atom stereocenters. The van der Waals surface area contributed by atoms with Gasteiger partial charge in [-0.25, -0.2) is 0 Å². The number of ether oxygens (including phenoxy) is 10. The number of benzene rings is 4. The number of amides is 2. The van der Waals surface area contributed by atoms with E-state index in [1.807, 2.05) is 48.5 Å². The number of carbonyl (C=O) groups is 5. The van der Waals surface area contributed by atoms with Crippen molar-refractivity contribution in [3.63, 3.8) is 0 Å². The molecule has 2 amide bonds. The zero-order valence-corrected chi connectivity index (χ0v) is 40.6. The first-order valence-corrected chi connectivity index (χ1v) is 22.9. The molecule has 2 fully saturated rings. The van der Waals surface area contributed by atoms with E-state index in [1.54, 1.807) is 24.3 Å². The molecule has 2 saturated heterocycles. The van der Waals surface area contributed by atoms with Gasteiger partial charge in [0.2, 0.25) is 6.29 Å². The van der Waals surface area contributed by atoms with Crippen molar-refractivity contribution in [2.75, 3.05) is 20.3 Å². The Labute approximate surface area is 420 Å². The van der Waals surface area contributed by atoms with Crippen molar-refractivity contribution in [3.8, 4) is 11.5 Å². The van der Waals surface area contributed by atoms with Crippen molar-refractivity contribution < 1.29 is 71.3 Å². The van der Waals surface area contributed by atoms with Crippen LogP contribution in [0.4, 0.5) is 0 Å². The molecule has 23 heteroatoms. The highest BCUT2D eigenvalue weighted by molar-refractivity contribution is 6.55. The fourth-order valence-corrected chi connectivity index (χ4v) is 9.19. The largest absolute Gasteiger partial charge is 0.497 e.